The number of fused-ring (bicyclic) bond motifs is 1. The van der Waals surface area contributed by atoms with Gasteiger partial charge in [0.1, 0.15) is 46.7 Å². The lowest BCUT2D eigenvalue weighted by Gasteiger charge is -2.33. The lowest BCUT2D eigenvalue weighted by Crippen LogP contribution is -2.37. The number of carbonyl (C=O) groups excluding carboxylic acids is 1. The molecule has 0 unspecified atom stereocenters. The molecule has 0 spiro atoms. The summed E-state index contributed by atoms with van der Waals surface area (Å²) in [6.45, 7) is 10.0. The second-order valence-electron chi connectivity index (χ2n) is 10.2. The number of ketones is 1. The van der Waals surface area contributed by atoms with Crippen molar-refractivity contribution in [2.45, 2.75) is 66.1 Å². The molecule has 4 N–H and O–H groups in total. The molecular weight excluding hydrogens is 500 g/mol. The molecule has 0 saturated carbocycles. The normalized spacial score (nSPS) is 16.7. The van der Waals surface area contributed by atoms with Gasteiger partial charge in [0.05, 0.1) is 12.7 Å². The van der Waals surface area contributed by atoms with Crippen LogP contribution in [0.2, 0.25) is 0 Å². The zero-order valence-electron chi connectivity index (χ0n) is 23.4. The highest BCUT2D eigenvalue weighted by atomic mass is 16.5. The van der Waals surface area contributed by atoms with E-state index in [0.29, 0.717) is 5.56 Å². The van der Waals surface area contributed by atoms with Crippen LogP contribution < -0.4 is 14.2 Å². The summed E-state index contributed by atoms with van der Waals surface area (Å²) in [5.74, 6) is -1.39. The Bertz CT molecular complexity index is 1290. The first-order valence-corrected chi connectivity index (χ1v) is 12.9. The Morgan fingerprint density at radius 1 is 0.949 bits per heavy atom. The van der Waals surface area contributed by atoms with E-state index in [9.17, 15) is 25.2 Å². The number of benzene rings is 2. The van der Waals surface area contributed by atoms with Crippen molar-refractivity contribution in [1.29, 1.82) is 0 Å². The van der Waals surface area contributed by atoms with Crippen LogP contribution in [0.1, 0.15) is 75.0 Å². The number of hydrogen-bond acceptors (Lipinski definition) is 8. The van der Waals surface area contributed by atoms with E-state index in [1.807, 2.05) is 32.9 Å². The molecule has 0 amide bonds. The Labute approximate surface area is 229 Å². The molecular formula is C31H38O8. The summed E-state index contributed by atoms with van der Waals surface area (Å²) in [7, 11) is 1.37. The summed E-state index contributed by atoms with van der Waals surface area (Å²) in [4.78, 5) is 13.6. The quantitative estimate of drug-likeness (QED) is 0.269. The topological polar surface area (TPSA) is 126 Å². The van der Waals surface area contributed by atoms with E-state index in [0.717, 1.165) is 24.0 Å². The van der Waals surface area contributed by atoms with Gasteiger partial charge in [0, 0.05) is 23.8 Å². The minimum absolute atomic E-state index is 0.00297. The molecule has 0 aromatic heterocycles. The Morgan fingerprint density at radius 2 is 1.59 bits per heavy atom. The van der Waals surface area contributed by atoms with E-state index in [1.165, 1.54) is 30.9 Å². The van der Waals surface area contributed by atoms with E-state index in [2.05, 4.69) is 19.9 Å². The largest absolute Gasteiger partial charge is 0.507 e. The standard InChI is InChI=1S/C31H38O8/c1-17(2)8-7-9-19(5)12-13-38-25-16-22(32)21(11-10-18(3)4)30-27(25)28(35)29(36)31(39-30)26-23(33)14-20(37-6)15-24(26)34/h8,10,12,14-16,29,31-34,36H,7,9,11,13H2,1-6H3/t29-,31+/m0/s1. The molecule has 0 bridgehead atoms. The molecule has 0 fully saturated rings. The molecule has 2 aromatic rings. The van der Waals surface area contributed by atoms with E-state index >= 15 is 0 Å². The number of hydrogen-bond donors (Lipinski definition) is 4. The second kappa shape index (κ2) is 12.8. The molecule has 8 heteroatoms. The zero-order valence-corrected chi connectivity index (χ0v) is 23.4. The Balaban J connectivity index is 2.04. The van der Waals surface area contributed by atoms with Crippen molar-refractivity contribution in [3.63, 3.8) is 0 Å². The molecule has 2 aromatic carbocycles. The highest BCUT2D eigenvalue weighted by molar-refractivity contribution is 6.06. The molecule has 39 heavy (non-hydrogen) atoms. The Morgan fingerprint density at radius 3 is 2.18 bits per heavy atom. The molecule has 8 nitrogen and oxygen atoms in total. The number of carbonyl (C=O) groups is 1. The van der Waals surface area contributed by atoms with Crippen LogP contribution >= 0.6 is 0 Å². The molecule has 1 aliphatic rings. The average Bonchev–Trinajstić information content (AvgIpc) is 2.85. The third kappa shape index (κ3) is 6.95. The summed E-state index contributed by atoms with van der Waals surface area (Å²) in [6.07, 6.45) is 4.74. The third-order valence-electron chi connectivity index (χ3n) is 6.48. The van der Waals surface area contributed by atoms with Gasteiger partial charge >= 0.3 is 0 Å². The fourth-order valence-electron chi connectivity index (χ4n) is 4.31. The van der Waals surface area contributed by atoms with Crippen molar-refractivity contribution in [1.82, 2.24) is 0 Å². The first kappa shape index (κ1) is 29.6. The number of phenols is 3. The molecule has 0 radical (unpaired) electrons. The number of methoxy groups -OCH3 is 1. The lowest BCUT2D eigenvalue weighted by molar-refractivity contribution is 0.0190. The van der Waals surface area contributed by atoms with Gasteiger partial charge in [-0.05, 0) is 60.0 Å². The van der Waals surface area contributed by atoms with Crippen LogP contribution in [0.15, 0.2) is 53.1 Å². The van der Waals surface area contributed by atoms with Crippen LogP contribution in [-0.4, -0.2) is 46.0 Å². The van der Waals surface area contributed by atoms with Gasteiger partial charge in [0.25, 0.3) is 0 Å². The van der Waals surface area contributed by atoms with Gasteiger partial charge in [0.2, 0.25) is 5.78 Å². The van der Waals surface area contributed by atoms with E-state index in [1.54, 1.807) is 0 Å². The lowest BCUT2D eigenvalue weighted by atomic mass is 9.89. The average molecular weight is 539 g/mol. The van der Waals surface area contributed by atoms with Crippen LogP contribution in [0, 0.1) is 0 Å². The van der Waals surface area contributed by atoms with Gasteiger partial charge in [0.15, 0.2) is 12.2 Å². The summed E-state index contributed by atoms with van der Waals surface area (Å²) < 4.78 is 17.1. The maximum atomic E-state index is 13.6. The molecule has 0 saturated heterocycles. The number of aliphatic hydroxyl groups excluding tert-OH is 1. The maximum Gasteiger partial charge on any atom is 0.202 e. The van der Waals surface area contributed by atoms with Crippen LogP contribution in [0.5, 0.6) is 34.5 Å². The predicted octanol–water partition coefficient (Wildman–Crippen LogP) is 6.07. The molecule has 2 atom stereocenters. The summed E-state index contributed by atoms with van der Waals surface area (Å²) in [5, 5.41) is 43.1. The second-order valence-corrected chi connectivity index (χ2v) is 10.2. The Kier molecular flexibility index (Phi) is 9.70. The van der Waals surface area contributed by atoms with Gasteiger partial charge in [-0.25, -0.2) is 0 Å². The first-order valence-electron chi connectivity index (χ1n) is 12.9. The van der Waals surface area contributed by atoms with E-state index in [4.69, 9.17) is 14.2 Å². The summed E-state index contributed by atoms with van der Waals surface area (Å²) in [6, 6.07) is 3.85. The van der Waals surface area contributed by atoms with Crippen LogP contribution in [-0.2, 0) is 6.42 Å². The van der Waals surface area contributed by atoms with Gasteiger partial charge in [-0.3, -0.25) is 4.79 Å². The highest BCUT2D eigenvalue weighted by Crippen LogP contribution is 2.49. The van der Waals surface area contributed by atoms with Crippen molar-refractivity contribution < 1.29 is 39.4 Å². The smallest absolute Gasteiger partial charge is 0.202 e. The SMILES string of the molecule is COc1cc(O)c([C@H]2Oc3c(CC=C(C)C)c(O)cc(OCC=C(C)CCC=C(C)C)c3C(=O)[C@@H]2O)c(O)c1. The van der Waals surface area contributed by atoms with Crippen molar-refractivity contribution in [2.75, 3.05) is 13.7 Å². The number of allylic oxidation sites excluding steroid dienone is 5. The first-order chi connectivity index (χ1) is 18.4. The molecule has 3 rings (SSSR count). The molecule has 0 aliphatic carbocycles. The van der Waals surface area contributed by atoms with Gasteiger partial charge < -0.3 is 34.6 Å². The summed E-state index contributed by atoms with van der Waals surface area (Å²) >= 11 is 0. The molecule has 1 aliphatic heterocycles. The monoisotopic (exact) mass is 538 g/mol. The van der Waals surface area contributed by atoms with E-state index < -0.39 is 29.5 Å². The fraction of sp³-hybridized carbons (Fsp3) is 0.387. The predicted molar refractivity (Wildman–Crippen MR) is 149 cm³/mol. The van der Waals surface area contributed by atoms with Gasteiger partial charge in [-0.1, -0.05) is 28.9 Å². The van der Waals surface area contributed by atoms with Crippen molar-refractivity contribution in [2.24, 2.45) is 0 Å². The maximum absolute atomic E-state index is 13.6. The number of aliphatic hydroxyl groups is 1. The number of rotatable bonds is 10. The van der Waals surface area contributed by atoms with Crippen molar-refractivity contribution in [3.8, 4) is 34.5 Å². The highest BCUT2D eigenvalue weighted by Gasteiger charge is 2.43. The number of Topliss-reactive ketones (excluding diaryl/α,β-unsaturated/α-hetero) is 1. The Hall–Kier alpha value is -3.91. The minimum Gasteiger partial charge on any atom is -0.507 e. The number of aromatic hydroxyl groups is 3. The molecule has 210 valence electrons. The van der Waals surface area contributed by atoms with Crippen LogP contribution in [0.4, 0.5) is 0 Å². The fourth-order valence-corrected chi connectivity index (χ4v) is 4.31. The van der Waals surface area contributed by atoms with Crippen molar-refractivity contribution >= 4 is 5.78 Å². The zero-order chi connectivity index (χ0) is 28.9. The summed E-state index contributed by atoms with van der Waals surface area (Å²) in [5.41, 5.74) is 3.50. The van der Waals surface area contributed by atoms with Crippen molar-refractivity contribution in [3.05, 3.63) is 69.8 Å². The van der Waals surface area contributed by atoms with Crippen LogP contribution in [0.25, 0.3) is 0 Å². The third-order valence-corrected chi connectivity index (χ3v) is 6.48. The van der Waals surface area contributed by atoms with Gasteiger partial charge in [-0.15, -0.1) is 0 Å². The number of ether oxygens (including phenoxy) is 3. The van der Waals surface area contributed by atoms with Crippen LogP contribution in [0.3, 0.4) is 0 Å². The van der Waals surface area contributed by atoms with Gasteiger partial charge in [-0.2, -0.15) is 0 Å². The number of phenolic OH excluding ortho intramolecular Hbond substituents is 3. The minimum atomic E-state index is -1.76. The van der Waals surface area contributed by atoms with E-state index in [-0.39, 0.29) is 47.2 Å². The molecule has 1 heterocycles.